The van der Waals surface area contributed by atoms with E-state index < -0.39 is 0 Å². The molecule has 0 bridgehead atoms. The Morgan fingerprint density at radius 1 is 1.65 bits per heavy atom. The normalized spacial score (nSPS) is 15.4. The molecule has 0 amide bonds. The van der Waals surface area contributed by atoms with Crippen LogP contribution in [-0.4, -0.2) is 27.3 Å². The van der Waals surface area contributed by atoms with E-state index in [4.69, 9.17) is 4.74 Å². The highest BCUT2D eigenvalue weighted by Crippen LogP contribution is 2.32. The van der Waals surface area contributed by atoms with Gasteiger partial charge in [0.05, 0.1) is 12.8 Å². The molecule has 2 heterocycles. The summed E-state index contributed by atoms with van der Waals surface area (Å²) in [5, 5.41) is 7.91. The second-order valence-electron chi connectivity index (χ2n) is 4.48. The van der Waals surface area contributed by atoms with E-state index in [1.807, 2.05) is 17.6 Å². The summed E-state index contributed by atoms with van der Waals surface area (Å²) < 4.78 is 7.07. The van der Waals surface area contributed by atoms with Crippen LogP contribution in [0.25, 0.3) is 11.0 Å². The highest BCUT2D eigenvalue weighted by Gasteiger charge is 2.26. The second-order valence-corrected chi connectivity index (χ2v) is 4.48. The number of carbonyl (C=O) groups excluding carboxylic acids is 1. The van der Waals surface area contributed by atoms with Crippen molar-refractivity contribution in [3.8, 4) is 0 Å². The van der Waals surface area contributed by atoms with Crippen molar-refractivity contribution in [2.24, 2.45) is 5.92 Å². The largest absolute Gasteiger partial charge is 0.461 e. The van der Waals surface area contributed by atoms with Gasteiger partial charge in [0.15, 0.2) is 0 Å². The van der Waals surface area contributed by atoms with Gasteiger partial charge in [-0.25, -0.2) is 4.79 Å². The Hall–Kier alpha value is -1.78. The predicted molar refractivity (Wildman–Crippen MR) is 62.8 cm³/mol. The van der Waals surface area contributed by atoms with Gasteiger partial charge in [0.25, 0.3) is 0 Å². The average Bonchev–Trinajstić information content (AvgIpc) is 2.88. The summed E-state index contributed by atoms with van der Waals surface area (Å²) in [5.41, 5.74) is 1.54. The number of nitrogens with one attached hydrogen (secondary N) is 1. The van der Waals surface area contributed by atoms with Crippen LogP contribution in [0, 0.1) is 5.92 Å². The quantitative estimate of drug-likeness (QED) is 0.821. The number of hydrogen-bond acceptors (Lipinski definition) is 3. The van der Waals surface area contributed by atoms with Crippen molar-refractivity contribution >= 4 is 17.0 Å². The molecule has 1 fully saturated rings. The molecule has 17 heavy (non-hydrogen) atoms. The Labute approximate surface area is 98.8 Å². The molecule has 1 aliphatic rings. The molecule has 0 spiro atoms. The van der Waals surface area contributed by atoms with Gasteiger partial charge in [0.1, 0.15) is 11.3 Å². The fraction of sp³-hybridized carbons (Fsp3) is 0.500. The number of hydrogen-bond donors (Lipinski definition) is 1. The van der Waals surface area contributed by atoms with Crippen molar-refractivity contribution in [3.63, 3.8) is 0 Å². The number of rotatable bonds is 4. The van der Waals surface area contributed by atoms with Crippen LogP contribution in [0.1, 0.15) is 30.3 Å². The SMILES string of the molecule is CCOC(=O)c1cc2cn[nH]c2n1CC1CC1. The minimum absolute atomic E-state index is 0.252. The first-order valence-corrected chi connectivity index (χ1v) is 5.99. The molecule has 0 aliphatic heterocycles. The molecule has 3 rings (SSSR count). The molecule has 5 heteroatoms. The summed E-state index contributed by atoms with van der Waals surface area (Å²) in [5.74, 6) is 0.444. The number of ether oxygens (including phenoxy) is 1. The van der Waals surface area contributed by atoms with E-state index in [0.717, 1.165) is 17.6 Å². The maximum atomic E-state index is 11.9. The van der Waals surface area contributed by atoms with E-state index in [1.165, 1.54) is 12.8 Å². The maximum Gasteiger partial charge on any atom is 0.355 e. The number of esters is 1. The van der Waals surface area contributed by atoms with Crippen LogP contribution < -0.4 is 0 Å². The topological polar surface area (TPSA) is 59.9 Å². The number of aromatic nitrogens is 3. The van der Waals surface area contributed by atoms with Gasteiger partial charge in [-0.1, -0.05) is 0 Å². The first kappa shape index (κ1) is 10.4. The zero-order valence-electron chi connectivity index (χ0n) is 9.77. The fourth-order valence-corrected chi connectivity index (χ4v) is 2.08. The summed E-state index contributed by atoms with van der Waals surface area (Å²) in [7, 11) is 0. The second kappa shape index (κ2) is 3.91. The molecule has 0 saturated heterocycles. The third kappa shape index (κ3) is 1.81. The van der Waals surface area contributed by atoms with Gasteiger partial charge in [-0.3, -0.25) is 5.10 Å². The third-order valence-corrected chi connectivity index (χ3v) is 3.12. The van der Waals surface area contributed by atoms with Crippen molar-refractivity contribution in [2.45, 2.75) is 26.3 Å². The van der Waals surface area contributed by atoms with Crippen LogP contribution in [0.2, 0.25) is 0 Å². The smallest absolute Gasteiger partial charge is 0.355 e. The third-order valence-electron chi connectivity index (χ3n) is 3.12. The fourth-order valence-electron chi connectivity index (χ4n) is 2.08. The van der Waals surface area contributed by atoms with E-state index >= 15 is 0 Å². The summed E-state index contributed by atoms with van der Waals surface area (Å²) in [6.07, 6.45) is 4.23. The van der Waals surface area contributed by atoms with Crippen molar-refractivity contribution < 1.29 is 9.53 Å². The van der Waals surface area contributed by atoms with Crippen LogP contribution in [0.5, 0.6) is 0 Å². The molecule has 1 saturated carbocycles. The zero-order valence-corrected chi connectivity index (χ0v) is 9.77. The van der Waals surface area contributed by atoms with Crippen molar-refractivity contribution in [1.29, 1.82) is 0 Å². The van der Waals surface area contributed by atoms with Gasteiger partial charge < -0.3 is 9.30 Å². The summed E-state index contributed by atoms with van der Waals surface area (Å²) in [4.78, 5) is 11.9. The number of H-pyrrole nitrogens is 1. The van der Waals surface area contributed by atoms with Crippen LogP contribution in [0.4, 0.5) is 0 Å². The summed E-state index contributed by atoms with van der Waals surface area (Å²) >= 11 is 0. The molecule has 1 aliphatic carbocycles. The lowest BCUT2D eigenvalue weighted by molar-refractivity contribution is 0.0514. The molecule has 90 valence electrons. The Bertz CT molecular complexity index is 551. The molecule has 0 unspecified atom stereocenters. The standard InChI is InChI=1S/C12H15N3O2/c1-2-17-12(16)10-5-9-6-13-14-11(9)15(10)7-8-3-4-8/h5-6,8H,2-4,7H2,1H3,(H,13,14). The predicted octanol–water partition coefficient (Wildman–Crippen LogP) is 1.95. The molecular weight excluding hydrogens is 218 g/mol. The van der Waals surface area contributed by atoms with E-state index in [-0.39, 0.29) is 5.97 Å². The molecule has 2 aromatic heterocycles. The Morgan fingerprint density at radius 2 is 2.47 bits per heavy atom. The molecule has 5 nitrogen and oxygen atoms in total. The van der Waals surface area contributed by atoms with Gasteiger partial charge in [0.2, 0.25) is 0 Å². The van der Waals surface area contributed by atoms with E-state index in [9.17, 15) is 4.79 Å². The number of aromatic amines is 1. The number of carbonyl (C=O) groups is 1. The number of fused-ring (bicyclic) bond motifs is 1. The molecule has 0 atom stereocenters. The van der Waals surface area contributed by atoms with Crippen LogP contribution in [-0.2, 0) is 11.3 Å². The highest BCUT2D eigenvalue weighted by molar-refractivity contribution is 5.94. The molecule has 1 N–H and O–H groups in total. The van der Waals surface area contributed by atoms with E-state index in [0.29, 0.717) is 18.2 Å². The summed E-state index contributed by atoms with van der Waals surface area (Å²) in [6.45, 7) is 3.10. The molecule has 0 aromatic carbocycles. The van der Waals surface area contributed by atoms with Crippen LogP contribution >= 0.6 is 0 Å². The first-order chi connectivity index (χ1) is 8.29. The Kier molecular flexibility index (Phi) is 2.39. The highest BCUT2D eigenvalue weighted by atomic mass is 16.5. The Morgan fingerprint density at radius 3 is 3.18 bits per heavy atom. The zero-order chi connectivity index (χ0) is 11.8. The Balaban J connectivity index is 2.01. The van der Waals surface area contributed by atoms with Gasteiger partial charge in [-0.2, -0.15) is 5.10 Å². The van der Waals surface area contributed by atoms with Gasteiger partial charge in [0, 0.05) is 11.9 Å². The van der Waals surface area contributed by atoms with Gasteiger partial charge in [-0.05, 0) is 31.7 Å². The lowest BCUT2D eigenvalue weighted by Gasteiger charge is -2.08. The van der Waals surface area contributed by atoms with E-state index in [1.54, 1.807) is 6.20 Å². The van der Waals surface area contributed by atoms with Crippen LogP contribution in [0.15, 0.2) is 12.3 Å². The summed E-state index contributed by atoms with van der Waals surface area (Å²) in [6, 6.07) is 1.85. The van der Waals surface area contributed by atoms with Gasteiger partial charge in [-0.15, -0.1) is 0 Å². The lowest BCUT2D eigenvalue weighted by atomic mass is 10.3. The van der Waals surface area contributed by atoms with Crippen molar-refractivity contribution in [3.05, 3.63) is 18.0 Å². The van der Waals surface area contributed by atoms with Crippen LogP contribution in [0.3, 0.4) is 0 Å². The average molecular weight is 233 g/mol. The minimum atomic E-state index is -0.252. The van der Waals surface area contributed by atoms with Crippen molar-refractivity contribution in [1.82, 2.24) is 14.8 Å². The molecule has 0 radical (unpaired) electrons. The lowest BCUT2D eigenvalue weighted by Crippen LogP contribution is -2.13. The first-order valence-electron chi connectivity index (χ1n) is 5.99. The maximum absolute atomic E-state index is 11.9. The van der Waals surface area contributed by atoms with Gasteiger partial charge >= 0.3 is 5.97 Å². The number of nitrogens with zero attached hydrogens (tertiary/aromatic N) is 2. The monoisotopic (exact) mass is 233 g/mol. The minimum Gasteiger partial charge on any atom is -0.461 e. The van der Waals surface area contributed by atoms with E-state index in [2.05, 4.69) is 10.2 Å². The molecular formula is C12H15N3O2. The van der Waals surface area contributed by atoms with Crippen molar-refractivity contribution in [2.75, 3.05) is 6.61 Å². The molecule has 2 aromatic rings.